The fraction of sp³-hybridized carbons (Fsp3) is 0.333. The molecule has 0 saturated carbocycles. The maximum atomic E-state index is 11.6. The number of rotatable bonds is 4. The van der Waals surface area contributed by atoms with Gasteiger partial charge in [-0.2, -0.15) is 0 Å². The smallest absolute Gasteiger partial charge is 0.207 e. The zero-order valence-corrected chi connectivity index (χ0v) is 17.6. The highest BCUT2D eigenvalue weighted by Crippen LogP contribution is 2.14. The van der Waals surface area contributed by atoms with Crippen molar-refractivity contribution < 1.29 is 16.8 Å². The number of sulfonamides is 2. The summed E-state index contributed by atoms with van der Waals surface area (Å²) in [6.45, 7) is 3.85. The van der Waals surface area contributed by atoms with Crippen molar-refractivity contribution in [2.75, 3.05) is 28.2 Å². The van der Waals surface area contributed by atoms with Gasteiger partial charge < -0.3 is 0 Å². The minimum Gasteiger partial charge on any atom is -0.207 e. The van der Waals surface area contributed by atoms with Crippen molar-refractivity contribution in [2.45, 2.75) is 23.6 Å². The molecule has 144 valence electrons. The van der Waals surface area contributed by atoms with E-state index in [-0.39, 0.29) is 0 Å². The fourth-order valence-electron chi connectivity index (χ4n) is 1.84. The van der Waals surface area contributed by atoms with Crippen LogP contribution in [0.25, 0.3) is 0 Å². The van der Waals surface area contributed by atoms with Crippen LogP contribution < -0.4 is 0 Å². The molecule has 0 radical (unpaired) electrons. The third-order valence-corrected chi connectivity index (χ3v) is 7.26. The van der Waals surface area contributed by atoms with Crippen LogP contribution in [-0.2, 0) is 20.0 Å². The van der Waals surface area contributed by atoms with Crippen molar-refractivity contribution in [3.63, 3.8) is 0 Å². The van der Waals surface area contributed by atoms with Crippen LogP contribution in [0.1, 0.15) is 11.1 Å². The number of aryl methyl sites for hydroxylation is 2. The van der Waals surface area contributed by atoms with Gasteiger partial charge in [0.05, 0.1) is 9.79 Å². The van der Waals surface area contributed by atoms with Gasteiger partial charge in [0, 0.05) is 28.2 Å². The van der Waals surface area contributed by atoms with Crippen LogP contribution in [0.2, 0.25) is 0 Å². The van der Waals surface area contributed by atoms with Crippen molar-refractivity contribution in [1.29, 1.82) is 0 Å². The second kappa shape index (κ2) is 8.77. The van der Waals surface area contributed by atoms with Gasteiger partial charge in [-0.1, -0.05) is 35.4 Å². The molecule has 2 aromatic carbocycles. The summed E-state index contributed by atoms with van der Waals surface area (Å²) < 4.78 is 48.7. The van der Waals surface area contributed by atoms with E-state index in [0.29, 0.717) is 9.79 Å². The first-order valence-electron chi connectivity index (χ1n) is 7.87. The summed E-state index contributed by atoms with van der Waals surface area (Å²) in [6.07, 6.45) is 0. The highest BCUT2D eigenvalue weighted by Gasteiger charge is 2.16. The molecule has 0 aliphatic carbocycles. The topological polar surface area (TPSA) is 74.8 Å². The van der Waals surface area contributed by atoms with Crippen molar-refractivity contribution in [2.24, 2.45) is 0 Å². The number of hydrogen-bond donors (Lipinski definition) is 0. The van der Waals surface area contributed by atoms with Gasteiger partial charge in [-0.25, -0.2) is 25.4 Å². The first kappa shape index (κ1) is 22.3. The molecule has 0 atom stereocenters. The Kier molecular flexibility index (Phi) is 7.52. The zero-order chi connectivity index (χ0) is 20.1. The first-order valence-corrected chi connectivity index (χ1v) is 10.8. The van der Waals surface area contributed by atoms with Crippen molar-refractivity contribution >= 4 is 20.0 Å². The normalized spacial score (nSPS) is 12.0. The third kappa shape index (κ3) is 5.63. The van der Waals surface area contributed by atoms with Gasteiger partial charge >= 0.3 is 0 Å². The molecule has 0 saturated heterocycles. The highest BCUT2D eigenvalue weighted by molar-refractivity contribution is 7.89. The molecule has 0 aromatic heterocycles. The van der Waals surface area contributed by atoms with Crippen LogP contribution in [0.5, 0.6) is 0 Å². The van der Waals surface area contributed by atoms with Gasteiger partial charge in [0.2, 0.25) is 20.0 Å². The lowest BCUT2D eigenvalue weighted by Gasteiger charge is -2.10. The van der Waals surface area contributed by atoms with E-state index in [1.165, 1.54) is 36.8 Å². The van der Waals surface area contributed by atoms with E-state index in [4.69, 9.17) is 0 Å². The van der Waals surface area contributed by atoms with Crippen LogP contribution in [0.15, 0.2) is 58.3 Å². The fourth-order valence-corrected chi connectivity index (χ4v) is 3.65. The van der Waals surface area contributed by atoms with E-state index in [0.717, 1.165) is 11.1 Å². The lowest BCUT2D eigenvalue weighted by Crippen LogP contribution is -2.22. The monoisotopic (exact) mass is 398 g/mol. The summed E-state index contributed by atoms with van der Waals surface area (Å²) in [7, 11) is -0.429. The highest BCUT2D eigenvalue weighted by atomic mass is 32.2. The van der Waals surface area contributed by atoms with E-state index in [1.807, 2.05) is 13.8 Å². The maximum absolute atomic E-state index is 11.6. The lowest BCUT2D eigenvalue weighted by molar-refractivity contribution is 0.519. The SMILES string of the molecule is Cc1ccc(S(=O)(=O)N(C)C)cc1.Cc1ccc(S(=O)(=O)N(C)C)cc1. The molecule has 0 amide bonds. The molecule has 0 unspecified atom stereocenters. The Bertz CT molecular complexity index is 837. The van der Waals surface area contributed by atoms with Crippen molar-refractivity contribution in [3.8, 4) is 0 Å². The van der Waals surface area contributed by atoms with E-state index in [1.54, 1.807) is 48.5 Å². The molecule has 0 spiro atoms. The first-order chi connectivity index (χ1) is 11.9. The van der Waals surface area contributed by atoms with Gasteiger partial charge in [0.15, 0.2) is 0 Å². The Balaban J connectivity index is 0.000000260. The minimum atomic E-state index is -3.26. The van der Waals surface area contributed by atoms with Crippen molar-refractivity contribution in [1.82, 2.24) is 8.61 Å². The standard InChI is InChI=1S/2C9H13NO2S/c2*1-8-4-6-9(7-5-8)13(11,12)10(2)3/h2*4-7H,1-3H3. The van der Waals surface area contributed by atoms with Crippen LogP contribution in [0.4, 0.5) is 0 Å². The van der Waals surface area contributed by atoms with Gasteiger partial charge in [-0.15, -0.1) is 0 Å². The molecule has 2 aromatic rings. The summed E-state index contributed by atoms with van der Waals surface area (Å²) in [4.78, 5) is 0.672. The Morgan fingerprint density at radius 3 is 0.962 bits per heavy atom. The largest absolute Gasteiger partial charge is 0.242 e. The predicted molar refractivity (Wildman–Crippen MR) is 104 cm³/mol. The molecule has 0 heterocycles. The summed E-state index contributed by atoms with van der Waals surface area (Å²) in [6, 6.07) is 13.6. The predicted octanol–water partition coefficient (Wildman–Crippen LogP) is 2.49. The number of hydrogen-bond acceptors (Lipinski definition) is 4. The second-order valence-electron chi connectivity index (χ2n) is 6.20. The summed E-state index contributed by atoms with van der Waals surface area (Å²) in [5.74, 6) is 0. The van der Waals surface area contributed by atoms with E-state index < -0.39 is 20.0 Å². The quantitative estimate of drug-likeness (QED) is 0.793. The summed E-state index contributed by atoms with van der Waals surface area (Å²) in [5, 5.41) is 0. The van der Waals surface area contributed by atoms with Crippen LogP contribution >= 0.6 is 0 Å². The molecule has 6 nitrogen and oxygen atoms in total. The zero-order valence-electron chi connectivity index (χ0n) is 16.0. The Hall–Kier alpha value is -1.74. The molecular formula is C18H26N2O4S2. The van der Waals surface area contributed by atoms with Crippen LogP contribution in [0.3, 0.4) is 0 Å². The lowest BCUT2D eigenvalue weighted by atomic mass is 10.2. The van der Waals surface area contributed by atoms with E-state index >= 15 is 0 Å². The van der Waals surface area contributed by atoms with Gasteiger partial charge in [-0.05, 0) is 38.1 Å². The maximum Gasteiger partial charge on any atom is 0.242 e. The molecule has 2 rings (SSSR count). The van der Waals surface area contributed by atoms with Crippen LogP contribution in [0, 0.1) is 13.8 Å². The molecule has 0 aliphatic rings. The molecule has 0 aliphatic heterocycles. The molecule has 0 N–H and O–H groups in total. The average Bonchev–Trinajstić information content (AvgIpc) is 2.56. The Morgan fingerprint density at radius 1 is 0.538 bits per heavy atom. The van der Waals surface area contributed by atoms with Crippen molar-refractivity contribution in [3.05, 3.63) is 59.7 Å². The summed E-state index contributed by atoms with van der Waals surface area (Å²) >= 11 is 0. The molecule has 0 bridgehead atoms. The molecule has 8 heteroatoms. The van der Waals surface area contributed by atoms with Gasteiger partial charge in [0.25, 0.3) is 0 Å². The number of benzene rings is 2. The molecular weight excluding hydrogens is 372 g/mol. The molecule has 0 fully saturated rings. The van der Waals surface area contributed by atoms with Gasteiger partial charge in [0.1, 0.15) is 0 Å². The minimum absolute atomic E-state index is 0.336. The average molecular weight is 399 g/mol. The Morgan fingerprint density at radius 2 is 0.769 bits per heavy atom. The van der Waals surface area contributed by atoms with E-state index in [9.17, 15) is 16.8 Å². The van der Waals surface area contributed by atoms with Gasteiger partial charge in [-0.3, -0.25) is 0 Å². The van der Waals surface area contributed by atoms with E-state index in [2.05, 4.69) is 0 Å². The number of nitrogens with zero attached hydrogens (tertiary/aromatic N) is 2. The Labute approximate surface area is 157 Å². The second-order valence-corrected chi connectivity index (χ2v) is 10.5. The van der Waals surface area contributed by atoms with Crippen LogP contribution in [-0.4, -0.2) is 53.6 Å². The summed E-state index contributed by atoms with van der Waals surface area (Å²) in [5.41, 5.74) is 2.11. The third-order valence-electron chi connectivity index (χ3n) is 3.60. The molecule has 26 heavy (non-hydrogen) atoms.